The third-order valence-electron chi connectivity index (χ3n) is 4.14. The van der Waals surface area contributed by atoms with E-state index in [0.29, 0.717) is 37.2 Å². The summed E-state index contributed by atoms with van der Waals surface area (Å²) in [5, 5.41) is 6.60. The fourth-order valence-corrected chi connectivity index (χ4v) is 2.83. The van der Waals surface area contributed by atoms with E-state index >= 15 is 0 Å². The van der Waals surface area contributed by atoms with Gasteiger partial charge in [0.25, 0.3) is 11.6 Å². The van der Waals surface area contributed by atoms with Gasteiger partial charge in [-0.2, -0.15) is 22.7 Å². The molecule has 1 aliphatic heterocycles. The SMILES string of the molecule is Cc1cc(NCc2ccnc(OC3CCOC3)c2)n2nc(C(F)(F)F)nc2n1. The molecule has 1 aliphatic rings. The highest BCUT2D eigenvalue weighted by Gasteiger charge is 2.36. The van der Waals surface area contributed by atoms with Gasteiger partial charge in [-0.25, -0.2) is 9.97 Å². The van der Waals surface area contributed by atoms with Gasteiger partial charge < -0.3 is 14.8 Å². The summed E-state index contributed by atoms with van der Waals surface area (Å²) in [4.78, 5) is 11.7. The second kappa shape index (κ2) is 7.23. The largest absolute Gasteiger partial charge is 0.472 e. The molecular formula is C17H17F3N6O2. The van der Waals surface area contributed by atoms with Crippen LogP contribution in [0.2, 0.25) is 0 Å². The van der Waals surface area contributed by atoms with Gasteiger partial charge in [-0.1, -0.05) is 0 Å². The van der Waals surface area contributed by atoms with Crippen molar-refractivity contribution in [2.45, 2.75) is 32.2 Å². The standard InChI is InChI=1S/C17H17F3N6O2/c1-10-6-13(26-16(23-10)24-15(25-26)17(18,19)20)22-8-11-2-4-21-14(7-11)28-12-3-5-27-9-12/h2,4,6-7,12,22H,3,5,8-9H2,1H3. The number of pyridine rings is 1. The number of fused-ring (bicyclic) bond motifs is 1. The number of hydrogen-bond acceptors (Lipinski definition) is 7. The molecule has 11 heteroatoms. The van der Waals surface area contributed by atoms with Crippen LogP contribution < -0.4 is 10.1 Å². The minimum atomic E-state index is -4.64. The molecule has 3 aromatic heterocycles. The van der Waals surface area contributed by atoms with E-state index in [-0.39, 0.29) is 11.9 Å². The maximum Gasteiger partial charge on any atom is 0.453 e. The Kier molecular flexibility index (Phi) is 4.75. The molecule has 0 saturated carbocycles. The van der Waals surface area contributed by atoms with Gasteiger partial charge in [-0.05, 0) is 18.6 Å². The van der Waals surface area contributed by atoms with Crippen LogP contribution in [0, 0.1) is 6.92 Å². The lowest BCUT2D eigenvalue weighted by Gasteiger charge is -2.12. The van der Waals surface area contributed by atoms with E-state index in [9.17, 15) is 13.2 Å². The molecule has 0 amide bonds. The molecule has 4 rings (SSSR count). The second-order valence-corrected chi connectivity index (χ2v) is 6.39. The fraction of sp³-hybridized carbons (Fsp3) is 0.412. The predicted octanol–water partition coefficient (Wildman–Crippen LogP) is 2.63. The molecule has 0 bridgehead atoms. The van der Waals surface area contributed by atoms with Crippen molar-refractivity contribution in [2.24, 2.45) is 0 Å². The van der Waals surface area contributed by atoms with Crippen molar-refractivity contribution in [2.75, 3.05) is 18.5 Å². The van der Waals surface area contributed by atoms with Gasteiger partial charge in [0.15, 0.2) is 0 Å². The number of rotatable bonds is 5. The zero-order chi connectivity index (χ0) is 19.7. The Morgan fingerprint density at radius 1 is 1.32 bits per heavy atom. The topological polar surface area (TPSA) is 86.5 Å². The molecule has 1 fully saturated rings. The first-order chi connectivity index (χ1) is 13.4. The Morgan fingerprint density at radius 2 is 2.18 bits per heavy atom. The Labute approximate surface area is 157 Å². The summed E-state index contributed by atoms with van der Waals surface area (Å²) in [5.74, 6) is -0.512. The van der Waals surface area contributed by atoms with Gasteiger partial charge in [0.05, 0.1) is 13.2 Å². The first-order valence-corrected chi connectivity index (χ1v) is 8.63. The van der Waals surface area contributed by atoms with E-state index in [1.807, 2.05) is 0 Å². The smallest absolute Gasteiger partial charge is 0.453 e. The van der Waals surface area contributed by atoms with Crippen LogP contribution in [-0.4, -0.2) is 43.9 Å². The van der Waals surface area contributed by atoms with Gasteiger partial charge in [-0.3, -0.25) is 0 Å². The van der Waals surface area contributed by atoms with E-state index < -0.39 is 12.0 Å². The molecule has 0 radical (unpaired) electrons. The van der Waals surface area contributed by atoms with Crippen molar-refractivity contribution in [1.82, 2.24) is 24.6 Å². The zero-order valence-electron chi connectivity index (χ0n) is 14.9. The summed E-state index contributed by atoms with van der Waals surface area (Å²) in [7, 11) is 0. The van der Waals surface area contributed by atoms with Crippen LogP contribution in [-0.2, 0) is 17.5 Å². The van der Waals surface area contributed by atoms with E-state index in [1.54, 1.807) is 31.3 Å². The second-order valence-electron chi connectivity index (χ2n) is 6.39. The predicted molar refractivity (Wildman–Crippen MR) is 91.9 cm³/mol. The fourth-order valence-electron chi connectivity index (χ4n) is 2.83. The highest BCUT2D eigenvalue weighted by atomic mass is 19.4. The number of alkyl halides is 3. The van der Waals surface area contributed by atoms with E-state index in [4.69, 9.17) is 9.47 Å². The molecule has 0 aliphatic carbocycles. The number of anilines is 1. The van der Waals surface area contributed by atoms with Crippen LogP contribution in [0.5, 0.6) is 5.88 Å². The third kappa shape index (κ3) is 3.98. The lowest BCUT2D eigenvalue weighted by Crippen LogP contribution is -2.16. The number of aryl methyl sites for hydroxylation is 1. The van der Waals surface area contributed by atoms with E-state index in [0.717, 1.165) is 16.5 Å². The minimum absolute atomic E-state index is 0.0193. The highest BCUT2D eigenvalue weighted by Crippen LogP contribution is 2.27. The first-order valence-electron chi connectivity index (χ1n) is 8.63. The maximum absolute atomic E-state index is 12.9. The molecular weight excluding hydrogens is 377 g/mol. The maximum atomic E-state index is 12.9. The summed E-state index contributed by atoms with van der Waals surface area (Å²) in [6.07, 6.45) is -2.23. The van der Waals surface area contributed by atoms with Crippen LogP contribution in [0.3, 0.4) is 0 Å². The normalized spacial score (nSPS) is 17.2. The van der Waals surface area contributed by atoms with Crippen molar-refractivity contribution >= 4 is 11.6 Å². The molecule has 1 N–H and O–H groups in total. The van der Waals surface area contributed by atoms with Crippen LogP contribution in [0.1, 0.15) is 23.5 Å². The van der Waals surface area contributed by atoms with Gasteiger partial charge in [0, 0.05) is 37.0 Å². The number of halogens is 3. The number of ether oxygens (including phenoxy) is 2. The van der Waals surface area contributed by atoms with Crippen LogP contribution in [0.15, 0.2) is 24.4 Å². The Hall–Kier alpha value is -2.95. The van der Waals surface area contributed by atoms with Crippen LogP contribution in [0.25, 0.3) is 5.78 Å². The Balaban J connectivity index is 1.53. The lowest BCUT2D eigenvalue weighted by atomic mass is 10.2. The summed E-state index contributed by atoms with van der Waals surface area (Å²) in [5.41, 5.74) is 1.37. The average Bonchev–Trinajstić information content (AvgIpc) is 3.29. The van der Waals surface area contributed by atoms with Crippen molar-refractivity contribution in [3.05, 3.63) is 41.5 Å². The van der Waals surface area contributed by atoms with E-state index in [1.165, 1.54) is 0 Å². The lowest BCUT2D eigenvalue weighted by molar-refractivity contribution is -0.144. The highest BCUT2D eigenvalue weighted by molar-refractivity contribution is 5.46. The van der Waals surface area contributed by atoms with Crippen LogP contribution in [0.4, 0.5) is 19.0 Å². The molecule has 1 atom stereocenters. The molecule has 0 aromatic carbocycles. The summed E-state index contributed by atoms with van der Waals surface area (Å²) < 4.78 is 50.8. The number of nitrogens with one attached hydrogen (secondary N) is 1. The minimum Gasteiger partial charge on any atom is -0.472 e. The van der Waals surface area contributed by atoms with Crippen molar-refractivity contribution in [3.63, 3.8) is 0 Å². The molecule has 4 heterocycles. The summed E-state index contributed by atoms with van der Waals surface area (Å²) in [6, 6.07) is 5.17. The molecule has 148 valence electrons. The first kappa shape index (κ1) is 18.4. The zero-order valence-corrected chi connectivity index (χ0v) is 14.9. The molecule has 3 aromatic rings. The molecule has 8 nitrogen and oxygen atoms in total. The van der Waals surface area contributed by atoms with Gasteiger partial charge in [-0.15, -0.1) is 5.10 Å². The molecule has 28 heavy (non-hydrogen) atoms. The summed E-state index contributed by atoms with van der Waals surface area (Å²) >= 11 is 0. The van der Waals surface area contributed by atoms with Gasteiger partial charge >= 0.3 is 6.18 Å². The van der Waals surface area contributed by atoms with Crippen LogP contribution >= 0.6 is 0 Å². The molecule has 0 spiro atoms. The molecule has 1 unspecified atom stereocenters. The Bertz CT molecular complexity index is 985. The van der Waals surface area contributed by atoms with Crippen molar-refractivity contribution in [3.8, 4) is 5.88 Å². The van der Waals surface area contributed by atoms with Gasteiger partial charge in [0.2, 0.25) is 5.88 Å². The number of hydrogen-bond donors (Lipinski definition) is 1. The summed E-state index contributed by atoms with van der Waals surface area (Å²) in [6.45, 7) is 3.21. The van der Waals surface area contributed by atoms with Gasteiger partial charge in [0.1, 0.15) is 11.9 Å². The van der Waals surface area contributed by atoms with E-state index in [2.05, 4.69) is 25.4 Å². The van der Waals surface area contributed by atoms with Crippen molar-refractivity contribution < 1.29 is 22.6 Å². The molecule has 1 saturated heterocycles. The number of aromatic nitrogens is 5. The quantitative estimate of drug-likeness (QED) is 0.712. The number of nitrogens with zero attached hydrogens (tertiary/aromatic N) is 5. The monoisotopic (exact) mass is 394 g/mol. The third-order valence-corrected chi connectivity index (χ3v) is 4.14. The van der Waals surface area contributed by atoms with Crippen molar-refractivity contribution in [1.29, 1.82) is 0 Å². The average molecular weight is 394 g/mol. The Morgan fingerprint density at radius 3 is 2.93 bits per heavy atom.